The van der Waals surface area contributed by atoms with E-state index in [1.165, 1.54) is 0 Å². The highest BCUT2D eigenvalue weighted by molar-refractivity contribution is 5.93. The minimum absolute atomic E-state index is 0.0899. The van der Waals surface area contributed by atoms with Crippen molar-refractivity contribution in [2.24, 2.45) is 0 Å². The molecule has 15 heavy (non-hydrogen) atoms. The van der Waals surface area contributed by atoms with E-state index >= 15 is 0 Å². The molecule has 0 aromatic heterocycles. The molecule has 4 heteroatoms. The van der Waals surface area contributed by atoms with Crippen LogP contribution in [0.15, 0.2) is 0 Å². The van der Waals surface area contributed by atoms with Gasteiger partial charge >= 0.3 is 5.97 Å². The third-order valence-corrected chi connectivity index (χ3v) is 3.10. The van der Waals surface area contributed by atoms with Crippen molar-refractivity contribution < 1.29 is 14.3 Å². The van der Waals surface area contributed by atoms with Crippen molar-refractivity contribution in [3.63, 3.8) is 0 Å². The van der Waals surface area contributed by atoms with E-state index in [4.69, 9.17) is 4.74 Å². The molecule has 2 aliphatic heterocycles. The van der Waals surface area contributed by atoms with Crippen molar-refractivity contribution in [1.82, 2.24) is 4.90 Å². The van der Waals surface area contributed by atoms with Crippen molar-refractivity contribution in [2.45, 2.75) is 51.2 Å². The Morgan fingerprint density at radius 1 is 1.40 bits per heavy atom. The first-order chi connectivity index (χ1) is 6.85. The summed E-state index contributed by atoms with van der Waals surface area (Å²) in [6, 6.07) is 0. The minimum atomic E-state index is -0.607. The van der Waals surface area contributed by atoms with Crippen molar-refractivity contribution in [3.8, 4) is 0 Å². The van der Waals surface area contributed by atoms with Crippen LogP contribution in [-0.2, 0) is 14.3 Å². The van der Waals surface area contributed by atoms with Crippen molar-refractivity contribution >= 4 is 11.9 Å². The van der Waals surface area contributed by atoms with Crippen LogP contribution < -0.4 is 0 Å². The highest BCUT2D eigenvalue weighted by Crippen LogP contribution is 2.42. The Morgan fingerprint density at radius 2 is 2.07 bits per heavy atom. The Hall–Kier alpha value is -1.06. The van der Waals surface area contributed by atoms with Crippen molar-refractivity contribution in [1.29, 1.82) is 0 Å². The van der Waals surface area contributed by atoms with Crippen molar-refractivity contribution in [3.05, 3.63) is 0 Å². The van der Waals surface area contributed by atoms with E-state index < -0.39 is 11.1 Å². The van der Waals surface area contributed by atoms with Crippen LogP contribution >= 0.6 is 0 Å². The Kier molecular flexibility index (Phi) is 2.07. The first kappa shape index (κ1) is 10.5. The van der Waals surface area contributed by atoms with Gasteiger partial charge in [0.25, 0.3) is 0 Å². The molecule has 1 amide bonds. The predicted octanol–water partition coefficient (Wildman–Crippen LogP) is 1.09. The molecule has 2 rings (SSSR count). The van der Waals surface area contributed by atoms with Crippen LogP contribution in [0.1, 0.15) is 40.0 Å². The molecule has 0 spiro atoms. The normalized spacial score (nSPS) is 29.8. The third kappa shape index (κ3) is 1.52. The number of nitrogens with zero attached hydrogens (tertiary/aromatic N) is 1. The fourth-order valence-corrected chi connectivity index (χ4v) is 2.25. The topological polar surface area (TPSA) is 46.6 Å². The maximum Gasteiger partial charge on any atom is 0.332 e. The number of carbonyl (C=O) groups is 2. The van der Waals surface area contributed by atoms with Gasteiger partial charge in [0, 0.05) is 13.0 Å². The zero-order valence-corrected chi connectivity index (χ0v) is 9.50. The number of hydrogen-bond acceptors (Lipinski definition) is 3. The highest BCUT2D eigenvalue weighted by atomic mass is 16.6. The Labute approximate surface area is 89.6 Å². The smallest absolute Gasteiger partial charge is 0.332 e. The number of amides is 1. The van der Waals surface area contributed by atoms with Crippen LogP contribution in [0.3, 0.4) is 0 Å². The molecule has 2 saturated heterocycles. The molecule has 4 nitrogen and oxygen atoms in total. The van der Waals surface area contributed by atoms with Crippen LogP contribution in [0.5, 0.6) is 0 Å². The first-order valence-electron chi connectivity index (χ1n) is 5.39. The summed E-state index contributed by atoms with van der Waals surface area (Å²) in [6.07, 6.45) is 1.87. The molecular weight excluding hydrogens is 194 g/mol. The highest BCUT2D eigenvalue weighted by Gasteiger charge is 2.58. The van der Waals surface area contributed by atoms with E-state index in [0.717, 1.165) is 6.42 Å². The standard InChI is InChI=1S/C11H17NO3/c1-10(2,3)15-9(14)11-5-4-8(13)12(11)7-6-11/h4-7H2,1-3H3. The Bertz CT molecular complexity index is 318. The molecule has 0 radical (unpaired) electrons. The lowest BCUT2D eigenvalue weighted by molar-refractivity contribution is -0.179. The van der Waals surface area contributed by atoms with Crippen LogP contribution in [0.25, 0.3) is 0 Å². The number of rotatable bonds is 1. The SMILES string of the molecule is CC(C)(C)OC(=O)C12CCC(=O)N1CC2. The van der Waals surface area contributed by atoms with E-state index in [1.54, 1.807) is 4.90 Å². The molecule has 2 heterocycles. The predicted molar refractivity (Wildman–Crippen MR) is 54.1 cm³/mol. The molecule has 0 aliphatic carbocycles. The lowest BCUT2D eigenvalue weighted by Gasteiger charge is -2.46. The number of carbonyl (C=O) groups excluding carboxylic acids is 2. The van der Waals surface area contributed by atoms with E-state index in [9.17, 15) is 9.59 Å². The van der Waals surface area contributed by atoms with Crippen LogP contribution in [-0.4, -0.2) is 34.5 Å². The van der Waals surface area contributed by atoms with E-state index in [2.05, 4.69) is 0 Å². The number of esters is 1. The van der Waals surface area contributed by atoms with Gasteiger partial charge in [0.15, 0.2) is 0 Å². The first-order valence-corrected chi connectivity index (χ1v) is 5.39. The van der Waals surface area contributed by atoms with Gasteiger partial charge in [-0.15, -0.1) is 0 Å². The maximum absolute atomic E-state index is 12.0. The van der Waals surface area contributed by atoms with Gasteiger partial charge in [0.05, 0.1) is 0 Å². The van der Waals surface area contributed by atoms with Gasteiger partial charge in [-0.2, -0.15) is 0 Å². The second kappa shape index (κ2) is 2.97. The van der Waals surface area contributed by atoms with Gasteiger partial charge < -0.3 is 9.64 Å². The molecule has 0 N–H and O–H groups in total. The zero-order chi connectivity index (χ0) is 11.3. The second-order valence-electron chi connectivity index (χ2n) is 5.33. The molecule has 0 aromatic rings. The lowest BCUT2D eigenvalue weighted by atomic mass is 9.85. The zero-order valence-electron chi connectivity index (χ0n) is 9.50. The summed E-state index contributed by atoms with van der Waals surface area (Å²) in [5, 5.41) is 0. The summed E-state index contributed by atoms with van der Waals surface area (Å²) >= 11 is 0. The van der Waals surface area contributed by atoms with E-state index in [0.29, 0.717) is 19.4 Å². The molecule has 0 aromatic carbocycles. The second-order valence-corrected chi connectivity index (χ2v) is 5.33. The number of hydrogen-bond donors (Lipinski definition) is 0. The molecule has 84 valence electrons. The molecule has 1 atom stereocenters. The number of ether oxygens (including phenoxy) is 1. The fraction of sp³-hybridized carbons (Fsp3) is 0.818. The maximum atomic E-state index is 12.0. The van der Waals surface area contributed by atoms with Gasteiger partial charge in [-0.3, -0.25) is 4.79 Å². The third-order valence-electron chi connectivity index (χ3n) is 3.10. The van der Waals surface area contributed by atoms with Crippen LogP contribution in [0.4, 0.5) is 0 Å². The molecule has 0 bridgehead atoms. The molecule has 2 aliphatic rings. The molecule has 2 fully saturated rings. The molecule has 1 unspecified atom stereocenters. The average molecular weight is 211 g/mol. The summed E-state index contributed by atoms with van der Waals surface area (Å²) in [4.78, 5) is 25.1. The van der Waals surface area contributed by atoms with Gasteiger partial charge in [-0.05, 0) is 33.6 Å². The summed E-state index contributed by atoms with van der Waals surface area (Å²) < 4.78 is 5.36. The summed E-state index contributed by atoms with van der Waals surface area (Å²) in [5.74, 6) is -0.140. The molecular formula is C11H17NO3. The fourth-order valence-electron chi connectivity index (χ4n) is 2.25. The quantitative estimate of drug-likeness (QED) is 0.610. The molecule has 0 saturated carbocycles. The van der Waals surface area contributed by atoms with Crippen LogP contribution in [0, 0.1) is 0 Å². The van der Waals surface area contributed by atoms with Gasteiger partial charge in [0.2, 0.25) is 5.91 Å². The van der Waals surface area contributed by atoms with E-state index in [-0.39, 0.29) is 11.9 Å². The Balaban J connectivity index is 2.11. The van der Waals surface area contributed by atoms with E-state index in [1.807, 2.05) is 20.8 Å². The average Bonchev–Trinajstić information content (AvgIpc) is 2.19. The van der Waals surface area contributed by atoms with Gasteiger partial charge in [0.1, 0.15) is 11.1 Å². The lowest BCUT2D eigenvalue weighted by Crippen LogP contribution is -2.63. The summed E-state index contributed by atoms with van der Waals surface area (Å²) in [7, 11) is 0. The van der Waals surface area contributed by atoms with Crippen molar-refractivity contribution in [2.75, 3.05) is 6.54 Å². The minimum Gasteiger partial charge on any atom is -0.458 e. The summed E-state index contributed by atoms with van der Waals surface area (Å²) in [6.45, 7) is 6.25. The Morgan fingerprint density at radius 3 is 2.47 bits per heavy atom. The van der Waals surface area contributed by atoms with Gasteiger partial charge in [-0.25, -0.2) is 4.79 Å². The number of fused-ring (bicyclic) bond motifs is 1. The summed E-state index contributed by atoms with van der Waals surface area (Å²) in [5.41, 5.74) is -1.08. The van der Waals surface area contributed by atoms with Crippen LogP contribution in [0.2, 0.25) is 0 Å². The largest absolute Gasteiger partial charge is 0.458 e. The van der Waals surface area contributed by atoms with Gasteiger partial charge in [-0.1, -0.05) is 0 Å². The monoisotopic (exact) mass is 211 g/mol.